The van der Waals surface area contributed by atoms with E-state index in [9.17, 15) is 9.90 Å². The Morgan fingerprint density at radius 3 is 2.39 bits per heavy atom. The fourth-order valence-electron chi connectivity index (χ4n) is 3.50. The van der Waals surface area contributed by atoms with Gasteiger partial charge < -0.3 is 10.0 Å². The SMILES string of the molecule is CC1CN(C)C(CO)C(=O)N1C1CCCCCC1. The highest BCUT2D eigenvalue weighted by molar-refractivity contribution is 5.83. The molecule has 0 aromatic carbocycles. The lowest BCUT2D eigenvalue weighted by molar-refractivity contribution is -0.150. The Hall–Kier alpha value is -0.610. The van der Waals surface area contributed by atoms with Gasteiger partial charge in [0.1, 0.15) is 6.04 Å². The Labute approximate surface area is 110 Å². The molecule has 1 aliphatic carbocycles. The maximum Gasteiger partial charge on any atom is 0.242 e. The summed E-state index contributed by atoms with van der Waals surface area (Å²) in [7, 11) is 1.93. The van der Waals surface area contributed by atoms with Crippen LogP contribution in [-0.4, -0.2) is 59.1 Å². The van der Waals surface area contributed by atoms with Gasteiger partial charge in [-0.05, 0) is 26.8 Å². The Bertz CT molecular complexity index is 288. The van der Waals surface area contributed by atoms with E-state index >= 15 is 0 Å². The molecule has 1 saturated carbocycles. The summed E-state index contributed by atoms with van der Waals surface area (Å²) >= 11 is 0. The van der Waals surface area contributed by atoms with Crippen molar-refractivity contribution in [3.8, 4) is 0 Å². The highest BCUT2D eigenvalue weighted by atomic mass is 16.3. The van der Waals surface area contributed by atoms with Crippen molar-refractivity contribution in [2.45, 2.75) is 63.6 Å². The van der Waals surface area contributed by atoms with E-state index in [-0.39, 0.29) is 24.6 Å². The number of hydrogen-bond donors (Lipinski definition) is 1. The summed E-state index contributed by atoms with van der Waals surface area (Å²) in [4.78, 5) is 16.6. The van der Waals surface area contributed by atoms with Gasteiger partial charge in [-0.3, -0.25) is 9.69 Å². The largest absolute Gasteiger partial charge is 0.394 e. The van der Waals surface area contributed by atoms with Gasteiger partial charge in [-0.15, -0.1) is 0 Å². The van der Waals surface area contributed by atoms with Gasteiger partial charge in [-0.25, -0.2) is 0 Å². The van der Waals surface area contributed by atoms with E-state index in [1.54, 1.807) is 0 Å². The highest BCUT2D eigenvalue weighted by Gasteiger charge is 2.39. The zero-order valence-electron chi connectivity index (χ0n) is 11.6. The number of carbonyl (C=O) groups excluding carboxylic acids is 1. The van der Waals surface area contributed by atoms with Crippen molar-refractivity contribution in [3.63, 3.8) is 0 Å². The van der Waals surface area contributed by atoms with E-state index in [1.807, 2.05) is 11.9 Å². The molecule has 0 bridgehead atoms. The normalized spacial score (nSPS) is 32.6. The molecule has 2 aliphatic rings. The van der Waals surface area contributed by atoms with Crippen LogP contribution in [0, 0.1) is 0 Å². The van der Waals surface area contributed by atoms with Gasteiger partial charge in [0.25, 0.3) is 0 Å². The molecule has 0 radical (unpaired) electrons. The van der Waals surface area contributed by atoms with Gasteiger partial charge in [0, 0.05) is 18.6 Å². The van der Waals surface area contributed by atoms with Gasteiger partial charge in [0.2, 0.25) is 5.91 Å². The van der Waals surface area contributed by atoms with Crippen molar-refractivity contribution in [3.05, 3.63) is 0 Å². The standard InChI is InChI=1S/C14H26N2O2/c1-11-9-15(2)13(10-17)14(18)16(11)12-7-5-3-4-6-8-12/h11-13,17H,3-10H2,1-2H3. The number of amides is 1. The van der Waals surface area contributed by atoms with Gasteiger partial charge in [0.15, 0.2) is 0 Å². The monoisotopic (exact) mass is 254 g/mol. The van der Waals surface area contributed by atoms with Crippen LogP contribution >= 0.6 is 0 Å². The first-order chi connectivity index (χ1) is 8.65. The number of piperazine rings is 1. The first-order valence-electron chi connectivity index (χ1n) is 7.28. The first kappa shape index (κ1) is 13.8. The Kier molecular flexibility index (Phi) is 4.62. The summed E-state index contributed by atoms with van der Waals surface area (Å²) in [6.45, 7) is 2.94. The third-order valence-electron chi connectivity index (χ3n) is 4.49. The topological polar surface area (TPSA) is 43.8 Å². The predicted octanol–water partition coefficient (Wildman–Crippen LogP) is 1.23. The highest BCUT2D eigenvalue weighted by Crippen LogP contribution is 2.27. The minimum Gasteiger partial charge on any atom is -0.394 e. The number of nitrogens with zero attached hydrogens (tertiary/aromatic N) is 2. The lowest BCUT2D eigenvalue weighted by atomic mass is 10.00. The molecule has 2 atom stereocenters. The van der Waals surface area contributed by atoms with Crippen LogP contribution in [0.25, 0.3) is 0 Å². The van der Waals surface area contributed by atoms with Crippen molar-refractivity contribution in [2.75, 3.05) is 20.2 Å². The summed E-state index contributed by atoms with van der Waals surface area (Å²) < 4.78 is 0. The molecule has 0 aromatic rings. The summed E-state index contributed by atoms with van der Waals surface area (Å²) in [5.41, 5.74) is 0. The molecule has 0 aromatic heterocycles. The second kappa shape index (κ2) is 6.02. The third-order valence-corrected chi connectivity index (χ3v) is 4.49. The molecule has 1 N–H and O–H groups in total. The second-order valence-electron chi connectivity index (χ2n) is 5.88. The Morgan fingerprint density at radius 2 is 1.83 bits per heavy atom. The summed E-state index contributed by atoms with van der Waals surface area (Å²) in [5.74, 6) is 0.130. The van der Waals surface area contributed by atoms with Crippen molar-refractivity contribution in [1.82, 2.24) is 9.80 Å². The zero-order chi connectivity index (χ0) is 13.1. The van der Waals surface area contributed by atoms with Crippen molar-refractivity contribution in [1.29, 1.82) is 0 Å². The number of aliphatic hydroxyl groups is 1. The van der Waals surface area contributed by atoms with Gasteiger partial charge >= 0.3 is 0 Å². The number of aliphatic hydroxyl groups excluding tert-OH is 1. The molecule has 1 aliphatic heterocycles. The van der Waals surface area contributed by atoms with E-state index < -0.39 is 0 Å². The first-order valence-corrected chi connectivity index (χ1v) is 7.28. The molecule has 1 heterocycles. The predicted molar refractivity (Wildman–Crippen MR) is 71.3 cm³/mol. The van der Waals surface area contributed by atoms with E-state index in [2.05, 4.69) is 11.8 Å². The van der Waals surface area contributed by atoms with E-state index in [0.29, 0.717) is 6.04 Å². The molecule has 2 unspecified atom stereocenters. The van der Waals surface area contributed by atoms with Crippen LogP contribution < -0.4 is 0 Å². The minimum absolute atomic E-state index is 0.0642. The van der Waals surface area contributed by atoms with Crippen molar-refractivity contribution >= 4 is 5.91 Å². The number of hydrogen-bond acceptors (Lipinski definition) is 3. The van der Waals surface area contributed by atoms with Crippen molar-refractivity contribution in [2.24, 2.45) is 0 Å². The molecule has 4 heteroatoms. The van der Waals surface area contributed by atoms with Crippen LogP contribution in [-0.2, 0) is 4.79 Å². The summed E-state index contributed by atoms with van der Waals surface area (Å²) in [6.07, 6.45) is 7.35. The quantitative estimate of drug-likeness (QED) is 0.754. The van der Waals surface area contributed by atoms with Gasteiger partial charge in [-0.2, -0.15) is 0 Å². The van der Waals surface area contributed by atoms with E-state index in [1.165, 1.54) is 25.7 Å². The smallest absolute Gasteiger partial charge is 0.242 e. The number of likely N-dealkylation sites (N-methyl/N-ethyl adjacent to an activating group) is 1. The maximum atomic E-state index is 12.5. The molecule has 1 saturated heterocycles. The molecule has 104 valence electrons. The van der Waals surface area contributed by atoms with Crippen LogP contribution in [0.2, 0.25) is 0 Å². The Balaban J connectivity index is 2.11. The second-order valence-corrected chi connectivity index (χ2v) is 5.88. The van der Waals surface area contributed by atoms with Crippen LogP contribution in [0.1, 0.15) is 45.4 Å². The fourth-order valence-corrected chi connectivity index (χ4v) is 3.50. The average Bonchev–Trinajstić information content (AvgIpc) is 2.58. The van der Waals surface area contributed by atoms with Gasteiger partial charge in [0.05, 0.1) is 6.61 Å². The molecule has 18 heavy (non-hydrogen) atoms. The van der Waals surface area contributed by atoms with E-state index in [0.717, 1.165) is 19.4 Å². The van der Waals surface area contributed by atoms with Crippen LogP contribution in [0.5, 0.6) is 0 Å². The fraction of sp³-hybridized carbons (Fsp3) is 0.929. The molecule has 2 fully saturated rings. The minimum atomic E-state index is -0.329. The molecule has 2 rings (SSSR count). The van der Waals surface area contributed by atoms with Crippen molar-refractivity contribution < 1.29 is 9.90 Å². The average molecular weight is 254 g/mol. The number of rotatable bonds is 2. The third kappa shape index (κ3) is 2.69. The Morgan fingerprint density at radius 1 is 1.22 bits per heavy atom. The lowest BCUT2D eigenvalue weighted by Crippen LogP contribution is -2.63. The summed E-state index contributed by atoms with van der Waals surface area (Å²) in [6, 6.07) is 0.343. The molecule has 1 amide bonds. The molecule has 0 spiro atoms. The molecular formula is C14H26N2O2. The van der Waals surface area contributed by atoms with E-state index in [4.69, 9.17) is 0 Å². The maximum absolute atomic E-state index is 12.5. The van der Waals surface area contributed by atoms with Crippen LogP contribution in [0.15, 0.2) is 0 Å². The molecule has 4 nitrogen and oxygen atoms in total. The van der Waals surface area contributed by atoms with Crippen LogP contribution in [0.3, 0.4) is 0 Å². The number of carbonyl (C=O) groups is 1. The van der Waals surface area contributed by atoms with Gasteiger partial charge in [-0.1, -0.05) is 25.7 Å². The van der Waals surface area contributed by atoms with Crippen LogP contribution in [0.4, 0.5) is 0 Å². The molecular weight excluding hydrogens is 228 g/mol. The zero-order valence-corrected chi connectivity index (χ0v) is 11.6. The summed E-state index contributed by atoms with van der Waals surface area (Å²) in [5, 5.41) is 9.40. The lowest BCUT2D eigenvalue weighted by Gasteiger charge is -2.46.